The monoisotopic (exact) mass is 626 g/mol. The number of rotatable bonds is 9. The maximum Gasteiger partial charge on any atom is 0.336 e. The number of halogens is 1. The van der Waals surface area contributed by atoms with Crippen molar-refractivity contribution >= 4 is 29.6 Å². The highest BCUT2D eigenvalue weighted by atomic mass is 19.1. The predicted octanol–water partition coefficient (Wildman–Crippen LogP) is 0.147. The Bertz CT molecular complexity index is 1440. The molecule has 6 atom stereocenters. The lowest BCUT2D eigenvalue weighted by atomic mass is 9.80. The summed E-state index contributed by atoms with van der Waals surface area (Å²) in [5.41, 5.74) is -2.93. The van der Waals surface area contributed by atoms with E-state index >= 15 is 4.39 Å². The topological polar surface area (TPSA) is 241 Å². The number of aliphatic carboxylic acids is 1. The third kappa shape index (κ3) is 6.70. The molecule has 17 heteroatoms. The molecular weight excluding hydrogens is 595 g/mol. The Hall–Kier alpha value is -4.45. The normalized spacial score (nSPS) is 25.6. The van der Waals surface area contributed by atoms with Crippen LogP contribution in [0.25, 0.3) is 0 Å². The number of carbonyl (C=O) groups excluding carboxylic acids is 3. The van der Waals surface area contributed by atoms with E-state index in [-0.39, 0.29) is 22.5 Å². The van der Waals surface area contributed by atoms with Gasteiger partial charge in [0.1, 0.15) is 30.7 Å². The number of aliphatic hydroxyl groups is 3. The van der Waals surface area contributed by atoms with E-state index < -0.39 is 94.5 Å². The van der Waals surface area contributed by atoms with Crippen molar-refractivity contribution in [2.75, 3.05) is 13.7 Å². The zero-order chi connectivity index (χ0) is 33.3. The summed E-state index contributed by atoms with van der Waals surface area (Å²) in [6, 6.07) is 2.58. The third-order valence-electron chi connectivity index (χ3n) is 7.04. The minimum absolute atomic E-state index is 0.0995. The summed E-state index contributed by atoms with van der Waals surface area (Å²) in [6.07, 6.45) is -10.1. The first-order valence-corrected chi connectivity index (χ1v) is 12.9. The lowest BCUT2D eigenvalue weighted by Crippen LogP contribution is -2.61. The van der Waals surface area contributed by atoms with Gasteiger partial charge in [0.15, 0.2) is 6.10 Å². The van der Waals surface area contributed by atoms with Gasteiger partial charge >= 0.3 is 23.9 Å². The SMILES string of the molecule is COC(=O)C1=C(C)NC(C)=C(C(=O)OCC(C)(C)C(=O)O[C@@H]2O[C@H](C(=O)O)[C@@H](O)[C@H](O)[C@H]2O)C1c1cc([N+](=O)[O-])ccc1F. The van der Waals surface area contributed by atoms with Crippen molar-refractivity contribution in [3.05, 3.63) is 62.2 Å². The van der Waals surface area contributed by atoms with E-state index in [4.69, 9.17) is 18.9 Å². The molecule has 2 aliphatic heterocycles. The maximum atomic E-state index is 15.2. The second-order valence-electron chi connectivity index (χ2n) is 10.7. The van der Waals surface area contributed by atoms with E-state index in [9.17, 15) is 49.7 Å². The van der Waals surface area contributed by atoms with Gasteiger partial charge in [-0.2, -0.15) is 0 Å². The lowest BCUT2D eigenvalue weighted by Gasteiger charge is -2.39. The number of ether oxygens (including phenoxy) is 4. The third-order valence-corrected chi connectivity index (χ3v) is 7.04. The molecule has 0 spiro atoms. The van der Waals surface area contributed by atoms with Crippen molar-refractivity contribution in [3.8, 4) is 0 Å². The van der Waals surface area contributed by atoms with E-state index in [1.165, 1.54) is 27.7 Å². The van der Waals surface area contributed by atoms with Crippen molar-refractivity contribution < 1.29 is 67.9 Å². The van der Waals surface area contributed by atoms with E-state index in [1.807, 2.05) is 0 Å². The Labute approximate surface area is 248 Å². The molecule has 240 valence electrons. The molecule has 1 saturated heterocycles. The quantitative estimate of drug-likeness (QED) is 0.106. The first-order valence-electron chi connectivity index (χ1n) is 12.9. The Morgan fingerprint density at radius 1 is 1.05 bits per heavy atom. The van der Waals surface area contributed by atoms with Gasteiger partial charge in [0.2, 0.25) is 6.29 Å². The van der Waals surface area contributed by atoms with Crippen LogP contribution in [0.4, 0.5) is 10.1 Å². The molecule has 0 radical (unpaired) electrons. The van der Waals surface area contributed by atoms with Crippen LogP contribution in [0.15, 0.2) is 40.7 Å². The number of esters is 3. The zero-order valence-corrected chi connectivity index (χ0v) is 24.1. The number of dihydropyridines is 1. The summed E-state index contributed by atoms with van der Waals surface area (Å²) in [5, 5.41) is 53.3. The fourth-order valence-electron chi connectivity index (χ4n) is 4.62. The number of non-ortho nitro benzene ring substituents is 1. The number of carboxylic acids is 1. The van der Waals surface area contributed by atoms with Crippen LogP contribution >= 0.6 is 0 Å². The van der Waals surface area contributed by atoms with Crippen molar-refractivity contribution in [1.29, 1.82) is 0 Å². The number of nitrogens with zero attached hydrogens (tertiary/aromatic N) is 1. The molecule has 44 heavy (non-hydrogen) atoms. The van der Waals surface area contributed by atoms with E-state index in [1.54, 1.807) is 0 Å². The lowest BCUT2D eigenvalue weighted by molar-refractivity contribution is -0.385. The maximum absolute atomic E-state index is 15.2. The van der Waals surface area contributed by atoms with Crippen LogP contribution in [-0.4, -0.2) is 93.6 Å². The summed E-state index contributed by atoms with van der Waals surface area (Å²) in [5.74, 6) is -7.51. The molecule has 1 fully saturated rings. The van der Waals surface area contributed by atoms with Crippen LogP contribution in [0.2, 0.25) is 0 Å². The van der Waals surface area contributed by atoms with Gasteiger partial charge in [0, 0.05) is 29.1 Å². The summed E-state index contributed by atoms with van der Waals surface area (Å²) >= 11 is 0. The van der Waals surface area contributed by atoms with Gasteiger partial charge in [0.25, 0.3) is 5.69 Å². The highest BCUT2D eigenvalue weighted by Crippen LogP contribution is 2.41. The van der Waals surface area contributed by atoms with Crippen LogP contribution in [0.1, 0.15) is 39.2 Å². The molecule has 2 aliphatic rings. The first-order chi connectivity index (χ1) is 20.4. The molecule has 0 amide bonds. The van der Waals surface area contributed by atoms with Crippen molar-refractivity contribution in [3.63, 3.8) is 0 Å². The number of hydrogen-bond acceptors (Lipinski definition) is 14. The summed E-state index contributed by atoms with van der Waals surface area (Å²) < 4.78 is 35.3. The molecule has 0 saturated carbocycles. The number of methoxy groups -OCH3 is 1. The molecule has 1 aromatic rings. The number of nitro benzene ring substituents is 1. The fraction of sp³-hybridized carbons (Fsp3) is 0.481. The van der Waals surface area contributed by atoms with Crippen molar-refractivity contribution in [2.24, 2.45) is 5.41 Å². The summed E-state index contributed by atoms with van der Waals surface area (Å²) in [7, 11) is 1.05. The highest BCUT2D eigenvalue weighted by molar-refractivity contribution is 6.00. The number of nitrogens with one attached hydrogen (secondary N) is 1. The second-order valence-corrected chi connectivity index (χ2v) is 10.7. The largest absolute Gasteiger partial charge is 0.479 e. The molecule has 5 N–H and O–H groups in total. The molecule has 0 bridgehead atoms. The standard InChI is InChI=1S/C27H31FN2O14/c1-10-15(23(36)41-5)17(13-8-12(30(39)40)6-7-14(13)28)16(11(2)29-10)24(37)42-9-27(3,4)26(38)44-25-20(33)18(31)19(32)21(43-25)22(34)35/h6-8,17-21,25,29,31-33H,9H2,1-5H3,(H,34,35)/t17?,18-,19-,20+,21-,25-/m0/s1. The average Bonchev–Trinajstić information content (AvgIpc) is 2.95. The van der Waals surface area contributed by atoms with Crippen LogP contribution in [0.3, 0.4) is 0 Å². The van der Waals surface area contributed by atoms with Crippen LogP contribution in [-0.2, 0) is 38.1 Å². The smallest absolute Gasteiger partial charge is 0.336 e. The number of hydrogen-bond donors (Lipinski definition) is 5. The minimum atomic E-state index is -2.04. The second kappa shape index (κ2) is 13.0. The molecule has 2 heterocycles. The van der Waals surface area contributed by atoms with Gasteiger partial charge in [-0.3, -0.25) is 14.9 Å². The molecule has 16 nitrogen and oxygen atoms in total. The van der Waals surface area contributed by atoms with Crippen LogP contribution in [0.5, 0.6) is 0 Å². The average molecular weight is 627 g/mol. The Morgan fingerprint density at radius 2 is 1.64 bits per heavy atom. The summed E-state index contributed by atoms with van der Waals surface area (Å²) in [4.78, 5) is 61.2. The van der Waals surface area contributed by atoms with Gasteiger partial charge in [-0.15, -0.1) is 0 Å². The minimum Gasteiger partial charge on any atom is -0.479 e. The molecule has 3 rings (SSSR count). The molecular formula is C27H31FN2O14. The number of carboxylic acid groups (broad SMARTS) is 1. The first kappa shape index (κ1) is 34.0. The van der Waals surface area contributed by atoms with Crippen molar-refractivity contribution in [2.45, 2.75) is 64.3 Å². The Morgan fingerprint density at radius 3 is 2.18 bits per heavy atom. The van der Waals surface area contributed by atoms with Crippen LogP contribution in [0, 0.1) is 21.3 Å². The molecule has 0 aromatic heterocycles. The summed E-state index contributed by atoms with van der Waals surface area (Å²) in [6.45, 7) is 4.64. The van der Waals surface area contributed by atoms with Crippen molar-refractivity contribution in [1.82, 2.24) is 5.32 Å². The highest BCUT2D eigenvalue weighted by Gasteiger charge is 2.50. The molecule has 0 aliphatic carbocycles. The van der Waals surface area contributed by atoms with Gasteiger partial charge in [0.05, 0.1) is 34.5 Å². The van der Waals surface area contributed by atoms with Crippen LogP contribution < -0.4 is 5.32 Å². The van der Waals surface area contributed by atoms with E-state index in [0.717, 1.165) is 25.3 Å². The Balaban J connectivity index is 1.89. The predicted molar refractivity (Wildman–Crippen MR) is 141 cm³/mol. The fourth-order valence-corrected chi connectivity index (χ4v) is 4.62. The van der Waals surface area contributed by atoms with E-state index in [2.05, 4.69) is 5.32 Å². The number of aliphatic hydroxyl groups excluding tert-OH is 3. The number of carbonyl (C=O) groups is 4. The van der Waals surface area contributed by atoms with Gasteiger partial charge in [-0.1, -0.05) is 0 Å². The number of nitro groups is 1. The number of allylic oxidation sites excluding steroid dienone is 2. The van der Waals surface area contributed by atoms with E-state index in [0.29, 0.717) is 0 Å². The molecule has 1 aromatic carbocycles. The van der Waals surface area contributed by atoms with Gasteiger partial charge < -0.3 is 44.7 Å². The Kier molecular flexibility index (Phi) is 10.1. The zero-order valence-electron chi connectivity index (χ0n) is 24.1. The molecule has 1 unspecified atom stereocenters. The number of benzene rings is 1. The van der Waals surface area contributed by atoms with Gasteiger partial charge in [-0.05, 0) is 33.8 Å². The van der Waals surface area contributed by atoms with Gasteiger partial charge in [-0.25, -0.2) is 18.8 Å².